The van der Waals surface area contributed by atoms with Crippen molar-refractivity contribution in [1.82, 2.24) is 9.88 Å². The van der Waals surface area contributed by atoms with Crippen LogP contribution in [0.15, 0.2) is 39.5 Å². The van der Waals surface area contributed by atoms with Gasteiger partial charge in [0.2, 0.25) is 5.88 Å². The van der Waals surface area contributed by atoms with E-state index >= 15 is 0 Å². The summed E-state index contributed by atoms with van der Waals surface area (Å²) in [6, 6.07) is 8.76. The summed E-state index contributed by atoms with van der Waals surface area (Å²) in [7, 11) is 0. The molecule has 0 spiro atoms. The van der Waals surface area contributed by atoms with Crippen LogP contribution in [0.1, 0.15) is 29.0 Å². The highest BCUT2D eigenvalue weighted by Crippen LogP contribution is 2.21. The maximum absolute atomic E-state index is 12.3. The summed E-state index contributed by atoms with van der Waals surface area (Å²) in [5, 5.41) is 8.75. The van der Waals surface area contributed by atoms with Crippen molar-refractivity contribution in [2.45, 2.75) is 18.9 Å². The molecule has 0 atom stereocenters. The zero-order valence-electron chi connectivity index (χ0n) is 12.2. The highest BCUT2D eigenvalue weighted by atomic mass is 79.9. The van der Waals surface area contributed by atoms with E-state index in [1.165, 1.54) is 6.20 Å². The Hall–Kier alpha value is -2.33. The lowest BCUT2D eigenvalue weighted by Crippen LogP contribution is -2.41. The summed E-state index contributed by atoms with van der Waals surface area (Å²) in [6.45, 7) is 1.22. The minimum atomic E-state index is -0.106. The summed E-state index contributed by atoms with van der Waals surface area (Å²) in [5.41, 5.74) is 0.502. The van der Waals surface area contributed by atoms with E-state index in [1.807, 2.05) is 6.07 Å². The zero-order chi connectivity index (χ0) is 16.2. The van der Waals surface area contributed by atoms with E-state index in [0.717, 1.165) is 12.8 Å². The Bertz CT molecular complexity index is 728. The third-order valence-corrected chi connectivity index (χ3v) is 4.09. The van der Waals surface area contributed by atoms with Gasteiger partial charge in [-0.15, -0.1) is 0 Å². The molecule has 1 saturated heterocycles. The van der Waals surface area contributed by atoms with Gasteiger partial charge in [-0.2, -0.15) is 5.26 Å². The van der Waals surface area contributed by atoms with Crippen LogP contribution in [-0.2, 0) is 0 Å². The number of piperidine rings is 1. The summed E-state index contributed by atoms with van der Waals surface area (Å²) >= 11 is 3.20. The van der Waals surface area contributed by atoms with E-state index in [-0.39, 0.29) is 12.0 Å². The van der Waals surface area contributed by atoms with E-state index in [9.17, 15) is 4.79 Å². The Morgan fingerprint density at radius 3 is 2.70 bits per heavy atom. The van der Waals surface area contributed by atoms with Gasteiger partial charge in [-0.05, 0) is 34.1 Å². The van der Waals surface area contributed by atoms with Crippen LogP contribution in [0.5, 0.6) is 5.88 Å². The van der Waals surface area contributed by atoms with Crippen molar-refractivity contribution >= 4 is 21.8 Å². The molecule has 1 amide bonds. The van der Waals surface area contributed by atoms with Crippen molar-refractivity contribution < 1.29 is 13.9 Å². The smallest absolute Gasteiger partial charge is 0.289 e. The Balaban J connectivity index is 1.53. The van der Waals surface area contributed by atoms with Crippen molar-refractivity contribution in [2.75, 3.05) is 13.1 Å². The second kappa shape index (κ2) is 6.84. The van der Waals surface area contributed by atoms with Crippen molar-refractivity contribution in [1.29, 1.82) is 5.26 Å². The number of carbonyl (C=O) groups excluding carboxylic acids is 1. The lowest BCUT2D eigenvalue weighted by molar-refractivity contribution is 0.0558. The Kier molecular flexibility index (Phi) is 4.63. The summed E-state index contributed by atoms with van der Waals surface area (Å²) in [6.07, 6.45) is 2.97. The maximum Gasteiger partial charge on any atom is 0.289 e. The van der Waals surface area contributed by atoms with Gasteiger partial charge in [-0.25, -0.2) is 4.98 Å². The predicted molar refractivity (Wildman–Crippen MR) is 84.9 cm³/mol. The van der Waals surface area contributed by atoms with Crippen LogP contribution < -0.4 is 4.74 Å². The van der Waals surface area contributed by atoms with Crippen molar-refractivity contribution in [3.63, 3.8) is 0 Å². The average molecular weight is 376 g/mol. The summed E-state index contributed by atoms with van der Waals surface area (Å²) < 4.78 is 11.7. The first-order valence-corrected chi connectivity index (χ1v) is 8.02. The highest BCUT2D eigenvalue weighted by molar-refractivity contribution is 9.10. The van der Waals surface area contributed by atoms with Crippen molar-refractivity contribution in [3.8, 4) is 11.9 Å². The van der Waals surface area contributed by atoms with Gasteiger partial charge in [-0.3, -0.25) is 4.79 Å². The molecule has 0 aliphatic carbocycles. The van der Waals surface area contributed by atoms with E-state index in [2.05, 4.69) is 20.9 Å². The van der Waals surface area contributed by atoms with Crippen LogP contribution in [0.25, 0.3) is 0 Å². The number of furan rings is 1. The van der Waals surface area contributed by atoms with E-state index in [4.69, 9.17) is 14.4 Å². The fraction of sp³-hybridized carbons (Fsp3) is 0.312. The van der Waals surface area contributed by atoms with E-state index < -0.39 is 0 Å². The molecule has 0 saturated carbocycles. The molecule has 23 heavy (non-hydrogen) atoms. The standard InChI is InChI=1S/C16H14BrN3O3/c17-14-3-2-13(23-14)16(21)20-7-5-12(6-8-20)22-15-4-1-11(9-18)10-19-15/h1-4,10,12H,5-8H2. The monoisotopic (exact) mass is 375 g/mol. The number of halogens is 1. The molecule has 0 radical (unpaired) electrons. The van der Waals surface area contributed by atoms with Crippen LogP contribution in [0.3, 0.4) is 0 Å². The molecule has 3 heterocycles. The minimum absolute atomic E-state index is 0.0165. The molecule has 1 aliphatic rings. The molecule has 0 N–H and O–H groups in total. The number of ether oxygens (including phenoxy) is 1. The first-order chi connectivity index (χ1) is 11.2. The largest absolute Gasteiger partial charge is 0.474 e. The maximum atomic E-state index is 12.3. The first kappa shape index (κ1) is 15.6. The first-order valence-electron chi connectivity index (χ1n) is 7.23. The van der Waals surface area contributed by atoms with Gasteiger partial charge in [0, 0.05) is 38.2 Å². The SMILES string of the molecule is N#Cc1ccc(OC2CCN(C(=O)c3ccc(Br)o3)CC2)nc1. The molecule has 0 aromatic carbocycles. The molecular weight excluding hydrogens is 362 g/mol. The van der Waals surface area contributed by atoms with Gasteiger partial charge < -0.3 is 14.1 Å². The average Bonchev–Trinajstić information content (AvgIpc) is 3.02. The third-order valence-electron chi connectivity index (χ3n) is 3.67. The fourth-order valence-corrected chi connectivity index (χ4v) is 2.76. The number of carbonyl (C=O) groups is 1. The molecule has 2 aromatic heterocycles. The van der Waals surface area contributed by atoms with Gasteiger partial charge in [0.05, 0.1) is 5.56 Å². The van der Waals surface area contributed by atoms with E-state index in [0.29, 0.717) is 35.0 Å². The molecule has 1 fully saturated rings. The minimum Gasteiger partial charge on any atom is -0.474 e. The Morgan fingerprint density at radius 1 is 1.35 bits per heavy atom. The lowest BCUT2D eigenvalue weighted by Gasteiger charge is -2.31. The molecule has 6 nitrogen and oxygen atoms in total. The number of rotatable bonds is 3. The van der Waals surface area contributed by atoms with Crippen LogP contribution in [0.4, 0.5) is 0 Å². The highest BCUT2D eigenvalue weighted by Gasteiger charge is 2.26. The van der Waals surface area contributed by atoms with Gasteiger partial charge in [0.25, 0.3) is 5.91 Å². The number of pyridine rings is 1. The van der Waals surface area contributed by atoms with Gasteiger partial charge in [0.15, 0.2) is 10.4 Å². The second-order valence-corrected chi connectivity index (χ2v) is 5.99. The van der Waals surface area contributed by atoms with Gasteiger partial charge in [0.1, 0.15) is 12.2 Å². The number of aromatic nitrogens is 1. The molecular formula is C16H14BrN3O3. The van der Waals surface area contributed by atoms with Gasteiger partial charge >= 0.3 is 0 Å². The quantitative estimate of drug-likeness (QED) is 0.823. The van der Waals surface area contributed by atoms with Gasteiger partial charge in [-0.1, -0.05) is 0 Å². The van der Waals surface area contributed by atoms with E-state index in [1.54, 1.807) is 29.2 Å². The number of hydrogen-bond donors (Lipinski definition) is 0. The molecule has 7 heteroatoms. The number of hydrogen-bond acceptors (Lipinski definition) is 5. The van der Waals surface area contributed by atoms with Crippen molar-refractivity contribution in [3.05, 3.63) is 46.5 Å². The molecule has 3 rings (SSSR count). The molecule has 118 valence electrons. The fourth-order valence-electron chi connectivity index (χ4n) is 2.45. The van der Waals surface area contributed by atoms with Crippen LogP contribution >= 0.6 is 15.9 Å². The summed E-state index contributed by atoms with van der Waals surface area (Å²) in [4.78, 5) is 18.1. The Labute approximate surface area is 141 Å². The summed E-state index contributed by atoms with van der Waals surface area (Å²) in [5.74, 6) is 0.736. The molecule has 0 unspecified atom stereocenters. The predicted octanol–water partition coefficient (Wildman–Crippen LogP) is 2.99. The van der Waals surface area contributed by atoms with Crippen LogP contribution in [0.2, 0.25) is 0 Å². The molecule has 0 bridgehead atoms. The van der Waals surface area contributed by atoms with Crippen LogP contribution in [-0.4, -0.2) is 35.0 Å². The number of nitrogens with zero attached hydrogens (tertiary/aromatic N) is 3. The number of amides is 1. The van der Waals surface area contributed by atoms with Crippen molar-refractivity contribution in [2.24, 2.45) is 0 Å². The zero-order valence-corrected chi connectivity index (χ0v) is 13.8. The second-order valence-electron chi connectivity index (χ2n) is 5.21. The van der Waals surface area contributed by atoms with Crippen LogP contribution in [0, 0.1) is 11.3 Å². The molecule has 1 aliphatic heterocycles. The topological polar surface area (TPSA) is 79.4 Å². The third kappa shape index (κ3) is 3.71. The normalized spacial score (nSPS) is 15.2. The molecule has 2 aromatic rings. The Morgan fingerprint density at radius 2 is 2.13 bits per heavy atom. The lowest BCUT2D eigenvalue weighted by atomic mass is 10.1. The number of likely N-dealkylation sites (tertiary alicyclic amines) is 1. The number of nitriles is 1.